The second kappa shape index (κ2) is 3.55. The van der Waals surface area contributed by atoms with Crippen LogP contribution in [0.5, 0.6) is 0 Å². The van der Waals surface area contributed by atoms with E-state index in [9.17, 15) is 14.4 Å². The SMILES string of the molecule is CCN1C(=O)CC(CC(=O)O)C1=O. The van der Waals surface area contributed by atoms with Crippen LogP contribution in [0.4, 0.5) is 0 Å². The summed E-state index contributed by atoms with van der Waals surface area (Å²) in [5.41, 5.74) is 0. The molecule has 1 rings (SSSR count). The molecule has 0 aromatic carbocycles. The molecule has 72 valence electrons. The van der Waals surface area contributed by atoms with Crippen LogP contribution in [0.2, 0.25) is 0 Å². The van der Waals surface area contributed by atoms with Crippen LogP contribution in [0.25, 0.3) is 0 Å². The van der Waals surface area contributed by atoms with Crippen molar-refractivity contribution in [2.75, 3.05) is 6.54 Å². The average molecular weight is 185 g/mol. The molecule has 1 aliphatic heterocycles. The standard InChI is InChI=1S/C8H11NO4/c1-2-9-6(10)3-5(8(9)13)4-7(11)12/h5H,2-4H2,1H3,(H,11,12). The molecule has 1 saturated heterocycles. The minimum atomic E-state index is -1.04. The molecule has 0 radical (unpaired) electrons. The Morgan fingerprint density at radius 3 is 2.62 bits per heavy atom. The van der Waals surface area contributed by atoms with E-state index in [2.05, 4.69) is 0 Å². The first-order valence-corrected chi connectivity index (χ1v) is 4.12. The van der Waals surface area contributed by atoms with E-state index in [0.29, 0.717) is 6.54 Å². The van der Waals surface area contributed by atoms with Gasteiger partial charge in [0.2, 0.25) is 11.8 Å². The number of likely N-dealkylation sites (tertiary alicyclic amines) is 1. The largest absolute Gasteiger partial charge is 0.481 e. The number of nitrogens with zero attached hydrogens (tertiary/aromatic N) is 1. The van der Waals surface area contributed by atoms with Crippen LogP contribution >= 0.6 is 0 Å². The number of imide groups is 1. The van der Waals surface area contributed by atoms with Gasteiger partial charge in [-0.1, -0.05) is 0 Å². The van der Waals surface area contributed by atoms with E-state index in [-0.39, 0.29) is 24.7 Å². The monoisotopic (exact) mass is 185 g/mol. The van der Waals surface area contributed by atoms with Gasteiger partial charge >= 0.3 is 5.97 Å². The molecule has 0 spiro atoms. The Labute approximate surface area is 75.3 Å². The Kier molecular flexibility index (Phi) is 2.65. The van der Waals surface area contributed by atoms with Crippen LogP contribution in [0.3, 0.4) is 0 Å². The lowest BCUT2D eigenvalue weighted by molar-refractivity contribution is -0.143. The van der Waals surface area contributed by atoms with Crippen molar-refractivity contribution in [3.63, 3.8) is 0 Å². The summed E-state index contributed by atoms with van der Waals surface area (Å²) in [7, 11) is 0. The molecule has 1 unspecified atom stereocenters. The molecule has 1 heterocycles. The highest BCUT2D eigenvalue weighted by Crippen LogP contribution is 2.21. The van der Waals surface area contributed by atoms with Crippen LogP contribution in [0, 0.1) is 5.92 Å². The van der Waals surface area contributed by atoms with Crippen molar-refractivity contribution in [2.45, 2.75) is 19.8 Å². The van der Waals surface area contributed by atoms with Gasteiger partial charge in [0.05, 0.1) is 12.3 Å². The maximum atomic E-state index is 11.3. The Morgan fingerprint density at radius 2 is 2.23 bits per heavy atom. The third-order valence-electron chi connectivity index (χ3n) is 2.07. The number of amides is 2. The molecule has 13 heavy (non-hydrogen) atoms. The van der Waals surface area contributed by atoms with E-state index in [1.165, 1.54) is 0 Å². The summed E-state index contributed by atoms with van der Waals surface area (Å²) in [6.07, 6.45) is -0.208. The number of carboxylic acid groups (broad SMARTS) is 1. The van der Waals surface area contributed by atoms with Crippen LogP contribution in [0.1, 0.15) is 19.8 Å². The van der Waals surface area contributed by atoms with Crippen molar-refractivity contribution in [1.82, 2.24) is 4.90 Å². The zero-order chi connectivity index (χ0) is 10.0. The van der Waals surface area contributed by atoms with Crippen molar-refractivity contribution in [1.29, 1.82) is 0 Å². The minimum Gasteiger partial charge on any atom is -0.481 e. The van der Waals surface area contributed by atoms with Crippen LogP contribution in [-0.4, -0.2) is 34.3 Å². The van der Waals surface area contributed by atoms with Gasteiger partial charge in [0.25, 0.3) is 0 Å². The first-order chi connectivity index (χ1) is 6.06. The summed E-state index contributed by atoms with van der Waals surface area (Å²) in [5, 5.41) is 8.45. The summed E-state index contributed by atoms with van der Waals surface area (Å²) in [6.45, 7) is 2.02. The fraction of sp³-hybridized carbons (Fsp3) is 0.625. The van der Waals surface area contributed by atoms with Crippen LogP contribution in [-0.2, 0) is 14.4 Å². The molecule has 0 aromatic heterocycles. The zero-order valence-electron chi connectivity index (χ0n) is 7.32. The molecule has 2 amide bonds. The minimum absolute atomic E-state index is 0.0406. The van der Waals surface area contributed by atoms with Gasteiger partial charge in [-0.2, -0.15) is 0 Å². The normalized spacial score (nSPS) is 22.5. The van der Waals surface area contributed by atoms with E-state index in [1.807, 2.05) is 0 Å². The predicted molar refractivity (Wildman–Crippen MR) is 42.8 cm³/mol. The van der Waals surface area contributed by atoms with Crippen molar-refractivity contribution in [3.8, 4) is 0 Å². The number of rotatable bonds is 3. The molecule has 5 heteroatoms. The number of carbonyl (C=O) groups is 3. The molecular formula is C8H11NO4. The lowest BCUT2D eigenvalue weighted by atomic mass is 10.0. The highest BCUT2D eigenvalue weighted by atomic mass is 16.4. The first kappa shape index (κ1) is 9.70. The third-order valence-corrected chi connectivity index (χ3v) is 2.07. The fourth-order valence-electron chi connectivity index (χ4n) is 1.45. The summed E-state index contributed by atoms with van der Waals surface area (Å²) < 4.78 is 0. The van der Waals surface area contributed by atoms with Crippen molar-refractivity contribution in [3.05, 3.63) is 0 Å². The van der Waals surface area contributed by atoms with Gasteiger partial charge in [-0.25, -0.2) is 0 Å². The molecule has 5 nitrogen and oxygen atoms in total. The van der Waals surface area contributed by atoms with Crippen molar-refractivity contribution >= 4 is 17.8 Å². The third kappa shape index (κ3) is 1.85. The van der Waals surface area contributed by atoms with Gasteiger partial charge in [-0.05, 0) is 6.92 Å². The molecule has 0 bridgehead atoms. The maximum absolute atomic E-state index is 11.3. The van der Waals surface area contributed by atoms with Crippen LogP contribution < -0.4 is 0 Å². The Hall–Kier alpha value is -1.39. The lowest BCUT2D eigenvalue weighted by Crippen LogP contribution is -2.30. The smallest absolute Gasteiger partial charge is 0.304 e. The van der Waals surface area contributed by atoms with Gasteiger partial charge in [0.15, 0.2) is 0 Å². The van der Waals surface area contributed by atoms with Gasteiger partial charge in [0, 0.05) is 13.0 Å². The van der Waals surface area contributed by atoms with Crippen LogP contribution in [0.15, 0.2) is 0 Å². The van der Waals surface area contributed by atoms with Crippen molar-refractivity contribution in [2.24, 2.45) is 5.92 Å². The molecule has 0 aromatic rings. The Morgan fingerprint density at radius 1 is 1.62 bits per heavy atom. The molecule has 0 aliphatic carbocycles. The second-order valence-electron chi connectivity index (χ2n) is 2.98. The molecule has 1 atom stereocenters. The quantitative estimate of drug-likeness (QED) is 0.621. The van der Waals surface area contributed by atoms with Gasteiger partial charge < -0.3 is 5.11 Å². The predicted octanol–water partition coefficient (Wildman–Crippen LogP) is -0.144. The lowest BCUT2D eigenvalue weighted by Gasteiger charge is -2.10. The first-order valence-electron chi connectivity index (χ1n) is 4.12. The van der Waals surface area contributed by atoms with Gasteiger partial charge in [-0.3, -0.25) is 19.3 Å². The summed E-state index contributed by atoms with van der Waals surface area (Å²) in [4.78, 5) is 33.9. The number of aliphatic carboxylic acids is 1. The molecule has 0 saturated carbocycles. The number of carbonyl (C=O) groups excluding carboxylic acids is 2. The maximum Gasteiger partial charge on any atom is 0.304 e. The summed E-state index contributed by atoms with van der Waals surface area (Å²) in [5.74, 6) is -2.30. The van der Waals surface area contributed by atoms with E-state index >= 15 is 0 Å². The number of carboxylic acids is 1. The summed E-state index contributed by atoms with van der Waals surface area (Å²) >= 11 is 0. The van der Waals surface area contributed by atoms with Gasteiger partial charge in [-0.15, -0.1) is 0 Å². The zero-order valence-corrected chi connectivity index (χ0v) is 7.32. The van der Waals surface area contributed by atoms with Crippen molar-refractivity contribution < 1.29 is 19.5 Å². The average Bonchev–Trinajstić information content (AvgIpc) is 2.26. The highest BCUT2D eigenvalue weighted by Gasteiger charge is 2.38. The Bertz CT molecular complexity index is 261. The Balaban J connectivity index is 2.67. The van der Waals surface area contributed by atoms with E-state index in [0.717, 1.165) is 4.90 Å². The molecule has 1 N–H and O–H groups in total. The number of hydrogen-bond donors (Lipinski definition) is 1. The number of hydrogen-bond acceptors (Lipinski definition) is 3. The van der Waals surface area contributed by atoms with Gasteiger partial charge in [0.1, 0.15) is 0 Å². The summed E-state index contributed by atoms with van der Waals surface area (Å²) in [6, 6.07) is 0. The topological polar surface area (TPSA) is 74.7 Å². The van der Waals surface area contributed by atoms with E-state index in [1.54, 1.807) is 6.92 Å². The van der Waals surface area contributed by atoms with E-state index in [4.69, 9.17) is 5.11 Å². The second-order valence-corrected chi connectivity index (χ2v) is 2.98. The molecule has 1 fully saturated rings. The van der Waals surface area contributed by atoms with E-state index < -0.39 is 11.9 Å². The molecule has 1 aliphatic rings. The molecular weight excluding hydrogens is 174 g/mol. The fourth-order valence-corrected chi connectivity index (χ4v) is 1.45. The highest BCUT2D eigenvalue weighted by molar-refractivity contribution is 6.04.